The Balaban J connectivity index is 2.58. The zero-order valence-corrected chi connectivity index (χ0v) is 12.0. The fourth-order valence-corrected chi connectivity index (χ4v) is 2.19. The van der Waals surface area contributed by atoms with Gasteiger partial charge in [-0.2, -0.15) is 5.26 Å². The summed E-state index contributed by atoms with van der Waals surface area (Å²) in [4.78, 5) is 15.8. The standard InChI is InChI=1S/C15H21N3O/c1-11(2)7-15(3,4)10-18-14(19)12-5-6-13(8-16)17-9-12/h5-6,9,11H,7,10H2,1-4H3,(H,18,19). The van der Waals surface area contributed by atoms with E-state index in [4.69, 9.17) is 5.26 Å². The second-order valence-electron chi connectivity index (χ2n) is 5.99. The highest BCUT2D eigenvalue weighted by molar-refractivity contribution is 5.93. The van der Waals surface area contributed by atoms with E-state index in [-0.39, 0.29) is 11.3 Å². The molecule has 0 aliphatic carbocycles. The van der Waals surface area contributed by atoms with E-state index >= 15 is 0 Å². The second kappa shape index (κ2) is 6.33. The Hall–Kier alpha value is -1.89. The topological polar surface area (TPSA) is 65.8 Å². The molecule has 1 heterocycles. The molecule has 102 valence electrons. The summed E-state index contributed by atoms with van der Waals surface area (Å²) in [5.74, 6) is 0.456. The van der Waals surface area contributed by atoms with Crippen molar-refractivity contribution < 1.29 is 4.79 Å². The fourth-order valence-electron chi connectivity index (χ4n) is 2.19. The Morgan fingerprint density at radius 1 is 1.47 bits per heavy atom. The zero-order valence-electron chi connectivity index (χ0n) is 12.0. The average Bonchev–Trinajstić information content (AvgIpc) is 2.34. The Labute approximate surface area is 114 Å². The van der Waals surface area contributed by atoms with Gasteiger partial charge in [0.1, 0.15) is 11.8 Å². The number of nitrogens with one attached hydrogen (secondary N) is 1. The molecule has 0 aliphatic heterocycles. The molecule has 0 aliphatic rings. The van der Waals surface area contributed by atoms with Crippen LogP contribution in [-0.4, -0.2) is 17.4 Å². The van der Waals surface area contributed by atoms with E-state index < -0.39 is 0 Å². The van der Waals surface area contributed by atoms with E-state index in [1.165, 1.54) is 6.20 Å². The highest BCUT2D eigenvalue weighted by Crippen LogP contribution is 2.24. The van der Waals surface area contributed by atoms with Gasteiger partial charge in [0, 0.05) is 12.7 Å². The predicted octanol–water partition coefficient (Wildman–Crippen LogP) is 2.76. The van der Waals surface area contributed by atoms with Gasteiger partial charge in [0.2, 0.25) is 0 Å². The number of hydrogen-bond acceptors (Lipinski definition) is 3. The predicted molar refractivity (Wildman–Crippen MR) is 74.5 cm³/mol. The van der Waals surface area contributed by atoms with Crippen molar-refractivity contribution in [2.24, 2.45) is 11.3 Å². The summed E-state index contributed by atoms with van der Waals surface area (Å²) in [6.07, 6.45) is 2.49. The van der Waals surface area contributed by atoms with Crippen molar-refractivity contribution in [3.63, 3.8) is 0 Å². The molecule has 1 N–H and O–H groups in total. The van der Waals surface area contributed by atoms with E-state index in [2.05, 4.69) is 38.0 Å². The first-order chi connectivity index (χ1) is 8.84. The maximum Gasteiger partial charge on any atom is 0.252 e. The first-order valence-electron chi connectivity index (χ1n) is 6.48. The van der Waals surface area contributed by atoms with E-state index in [0.29, 0.717) is 23.7 Å². The third-order valence-corrected chi connectivity index (χ3v) is 2.83. The molecule has 19 heavy (non-hydrogen) atoms. The molecule has 0 spiro atoms. The van der Waals surface area contributed by atoms with Crippen LogP contribution in [0.4, 0.5) is 0 Å². The number of carbonyl (C=O) groups excluding carboxylic acids is 1. The number of aromatic nitrogens is 1. The van der Waals surface area contributed by atoms with Crippen LogP contribution in [-0.2, 0) is 0 Å². The number of nitrogens with zero attached hydrogens (tertiary/aromatic N) is 2. The lowest BCUT2D eigenvalue weighted by Gasteiger charge is -2.26. The molecule has 1 aromatic rings. The number of amides is 1. The lowest BCUT2D eigenvalue weighted by Crippen LogP contribution is -2.34. The molecule has 0 saturated heterocycles. The fraction of sp³-hybridized carbons (Fsp3) is 0.533. The Morgan fingerprint density at radius 3 is 2.63 bits per heavy atom. The van der Waals surface area contributed by atoms with Gasteiger partial charge in [-0.3, -0.25) is 4.79 Å². The van der Waals surface area contributed by atoms with Gasteiger partial charge in [0.25, 0.3) is 5.91 Å². The van der Waals surface area contributed by atoms with Gasteiger partial charge in [-0.1, -0.05) is 27.7 Å². The first-order valence-corrected chi connectivity index (χ1v) is 6.48. The van der Waals surface area contributed by atoms with Crippen LogP contribution in [0.2, 0.25) is 0 Å². The third kappa shape index (κ3) is 5.09. The number of rotatable bonds is 5. The summed E-state index contributed by atoms with van der Waals surface area (Å²) in [5.41, 5.74) is 0.875. The van der Waals surface area contributed by atoms with Crippen LogP contribution in [0.15, 0.2) is 18.3 Å². The van der Waals surface area contributed by atoms with E-state index in [1.54, 1.807) is 12.1 Å². The average molecular weight is 259 g/mol. The van der Waals surface area contributed by atoms with E-state index in [1.807, 2.05) is 6.07 Å². The number of carbonyl (C=O) groups is 1. The van der Waals surface area contributed by atoms with Gasteiger partial charge in [0.15, 0.2) is 0 Å². The van der Waals surface area contributed by atoms with Crippen molar-refractivity contribution in [2.75, 3.05) is 6.54 Å². The summed E-state index contributed by atoms with van der Waals surface area (Å²) in [6, 6.07) is 5.10. The summed E-state index contributed by atoms with van der Waals surface area (Å²) in [5, 5.41) is 11.6. The summed E-state index contributed by atoms with van der Waals surface area (Å²) < 4.78 is 0. The van der Waals surface area contributed by atoms with Gasteiger partial charge in [0.05, 0.1) is 5.56 Å². The molecule has 1 aromatic heterocycles. The van der Waals surface area contributed by atoms with Gasteiger partial charge in [-0.15, -0.1) is 0 Å². The highest BCUT2D eigenvalue weighted by atomic mass is 16.1. The minimum absolute atomic E-state index is 0.0733. The van der Waals surface area contributed by atoms with Gasteiger partial charge in [-0.25, -0.2) is 4.98 Å². The van der Waals surface area contributed by atoms with Crippen LogP contribution in [0.5, 0.6) is 0 Å². The van der Waals surface area contributed by atoms with Crippen LogP contribution in [0, 0.1) is 22.7 Å². The molecular weight excluding hydrogens is 238 g/mol. The normalized spacial score (nSPS) is 11.2. The smallest absolute Gasteiger partial charge is 0.252 e. The number of hydrogen-bond donors (Lipinski definition) is 1. The lowest BCUT2D eigenvalue weighted by atomic mass is 9.84. The summed E-state index contributed by atoms with van der Waals surface area (Å²) in [7, 11) is 0. The Morgan fingerprint density at radius 2 is 2.16 bits per heavy atom. The van der Waals surface area contributed by atoms with Crippen LogP contribution in [0.3, 0.4) is 0 Å². The maximum atomic E-state index is 11.9. The molecule has 0 saturated carbocycles. The number of nitriles is 1. The van der Waals surface area contributed by atoms with Crippen LogP contribution < -0.4 is 5.32 Å². The molecule has 0 atom stereocenters. The first kappa shape index (κ1) is 15.2. The monoisotopic (exact) mass is 259 g/mol. The Bertz CT molecular complexity index is 469. The molecule has 0 radical (unpaired) electrons. The minimum Gasteiger partial charge on any atom is -0.351 e. The third-order valence-electron chi connectivity index (χ3n) is 2.83. The van der Waals surface area contributed by atoms with Crippen molar-refractivity contribution in [2.45, 2.75) is 34.1 Å². The quantitative estimate of drug-likeness (QED) is 0.884. The van der Waals surface area contributed by atoms with E-state index in [9.17, 15) is 4.79 Å². The molecule has 0 aromatic carbocycles. The highest BCUT2D eigenvalue weighted by Gasteiger charge is 2.20. The van der Waals surface area contributed by atoms with Gasteiger partial charge < -0.3 is 5.32 Å². The van der Waals surface area contributed by atoms with Crippen LogP contribution >= 0.6 is 0 Å². The van der Waals surface area contributed by atoms with Crippen molar-refractivity contribution in [3.05, 3.63) is 29.6 Å². The zero-order chi connectivity index (χ0) is 14.5. The van der Waals surface area contributed by atoms with Crippen molar-refractivity contribution in [1.29, 1.82) is 5.26 Å². The molecule has 0 unspecified atom stereocenters. The van der Waals surface area contributed by atoms with Crippen LogP contribution in [0.25, 0.3) is 0 Å². The number of pyridine rings is 1. The van der Waals surface area contributed by atoms with Crippen molar-refractivity contribution in [3.8, 4) is 6.07 Å². The molecule has 0 fully saturated rings. The summed E-state index contributed by atoms with van der Waals surface area (Å²) in [6.45, 7) is 9.26. The molecule has 4 heteroatoms. The molecule has 1 amide bonds. The SMILES string of the molecule is CC(C)CC(C)(C)CNC(=O)c1ccc(C#N)nc1. The van der Waals surface area contributed by atoms with Gasteiger partial charge >= 0.3 is 0 Å². The summed E-state index contributed by atoms with van der Waals surface area (Å²) >= 11 is 0. The molecule has 4 nitrogen and oxygen atoms in total. The van der Waals surface area contributed by atoms with Crippen molar-refractivity contribution in [1.82, 2.24) is 10.3 Å². The Kier molecular flexibility index (Phi) is 5.05. The molecular formula is C15H21N3O. The van der Waals surface area contributed by atoms with Gasteiger partial charge in [-0.05, 0) is 29.9 Å². The van der Waals surface area contributed by atoms with E-state index in [0.717, 1.165) is 6.42 Å². The minimum atomic E-state index is -0.145. The maximum absolute atomic E-state index is 11.9. The second-order valence-corrected chi connectivity index (χ2v) is 5.99. The molecule has 1 rings (SSSR count). The largest absolute Gasteiger partial charge is 0.351 e. The lowest BCUT2D eigenvalue weighted by molar-refractivity contribution is 0.0931. The van der Waals surface area contributed by atoms with Crippen LogP contribution in [0.1, 0.15) is 50.2 Å². The molecule has 0 bridgehead atoms. The van der Waals surface area contributed by atoms with Crippen molar-refractivity contribution >= 4 is 5.91 Å².